The summed E-state index contributed by atoms with van der Waals surface area (Å²) in [4.78, 5) is 4.43. The molecule has 2 heterocycles. The van der Waals surface area contributed by atoms with Crippen LogP contribution in [0.15, 0.2) is 24.3 Å². The normalized spacial score (nSPS) is 19.5. The molecule has 0 spiro atoms. The van der Waals surface area contributed by atoms with Crippen molar-refractivity contribution in [1.82, 2.24) is 15.2 Å². The number of fused-ring (bicyclic) bond motifs is 1. The van der Waals surface area contributed by atoms with Crippen LogP contribution in [0, 0.1) is 0 Å². The van der Waals surface area contributed by atoms with Crippen LogP contribution >= 0.6 is 0 Å². The molecule has 0 radical (unpaired) electrons. The van der Waals surface area contributed by atoms with E-state index < -0.39 is 0 Å². The molecule has 1 aromatic carbocycles. The van der Waals surface area contributed by atoms with Crippen LogP contribution in [0.4, 0.5) is 5.95 Å². The van der Waals surface area contributed by atoms with Gasteiger partial charge in [0.25, 0.3) is 0 Å². The summed E-state index contributed by atoms with van der Waals surface area (Å²) in [7, 11) is 0. The van der Waals surface area contributed by atoms with Crippen molar-refractivity contribution in [2.75, 3.05) is 18.5 Å². The van der Waals surface area contributed by atoms with Gasteiger partial charge in [-0.25, -0.2) is 4.98 Å². The highest BCUT2D eigenvalue weighted by atomic mass is 16.5. The van der Waals surface area contributed by atoms with Crippen molar-refractivity contribution in [3.8, 4) is 0 Å². The predicted octanol–water partition coefficient (Wildman–Crippen LogP) is 2.40. The van der Waals surface area contributed by atoms with Gasteiger partial charge >= 0.3 is 0 Å². The van der Waals surface area contributed by atoms with Crippen LogP contribution in [-0.2, 0) is 4.74 Å². The molecule has 1 fully saturated rings. The van der Waals surface area contributed by atoms with Crippen molar-refractivity contribution >= 4 is 17.0 Å². The SMILES string of the molecule is c1ccc2nc(NCCC3CCCCO3)nnc2c1. The van der Waals surface area contributed by atoms with Crippen molar-refractivity contribution in [3.63, 3.8) is 0 Å². The first-order valence-electron chi connectivity index (χ1n) is 6.87. The van der Waals surface area contributed by atoms with Crippen molar-refractivity contribution in [3.05, 3.63) is 24.3 Å². The second kappa shape index (κ2) is 5.93. The van der Waals surface area contributed by atoms with Gasteiger partial charge in [-0.1, -0.05) is 12.1 Å². The van der Waals surface area contributed by atoms with Gasteiger partial charge in [0.15, 0.2) is 0 Å². The third kappa shape index (κ3) is 3.17. The Morgan fingerprint density at radius 1 is 1.16 bits per heavy atom. The minimum absolute atomic E-state index is 0.384. The topological polar surface area (TPSA) is 59.9 Å². The average molecular weight is 258 g/mol. The lowest BCUT2D eigenvalue weighted by molar-refractivity contribution is 0.0134. The van der Waals surface area contributed by atoms with Gasteiger partial charge in [-0.2, -0.15) is 0 Å². The van der Waals surface area contributed by atoms with E-state index in [2.05, 4.69) is 20.5 Å². The highest BCUT2D eigenvalue weighted by Crippen LogP contribution is 2.15. The summed E-state index contributed by atoms with van der Waals surface area (Å²) in [6.45, 7) is 1.73. The van der Waals surface area contributed by atoms with E-state index in [0.29, 0.717) is 12.1 Å². The van der Waals surface area contributed by atoms with E-state index in [1.165, 1.54) is 19.3 Å². The second-order valence-electron chi connectivity index (χ2n) is 4.83. The molecule has 1 aliphatic rings. The van der Waals surface area contributed by atoms with E-state index in [1.54, 1.807) is 0 Å². The van der Waals surface area contributed by atoms with Crippen LogP contribution in [0.2, 0.25) is 0 Å². The molecule has 2 aromatic rings. The third-order valence-electron chi connectivity index (χ3n) is 3.38. The summed E-state index contributed by atoms with van der Waals surface area (Å²) in [6.07, 6.45) is 5.02. The van der Waals surface area contributed by atoms with E-state index in [0.717, 1.165) is 30.6 Å². The minimum atomic E-state index is 0.384. The summed E-state index contributed by atoms with van der Waals surface area (Å²) >= 11 is 0. The molecule has 1 aromatic heterocycles. The number of hydrogen-bond donors (Lipinski definition) is 1. The first-order valence-corrected chi connectivity index (χ1v) is 6.87. The lowest BCUT2D eigenvalue weighted by atomic mass is 10.1. The quantitative estimate of drug-likeness (QED) is 0.912. The maximum Gasteiger partial charge on any atom is 0.243 e. The predicted molar refractivity (Wildman–Crippen MR) is 74.0 cm³/mol. The molecule has 1 aliphatic heterocycles. The Morgan fingerprint density at radius 3 is 2.89 bits per heavy atom. The summed E-state index contributed by atoms with van der Waals surface area (Å²) in [5, 5.41) is 11.4. The van der Waals surface area contributed by atoms with Gasteiger partial charge in [-0.05, 0) is 37.8 Å². The molecule has 0 bridgehead atoms. The molecule has 0 saturated carbocycles. The maximum absolute atomic E-state index is 5.69. The molecule has 5 nitrogen and oxygen atoms in total. The fourth-order valence-corrected chi connectivity index (χ4v) is 2.34. The number of benzene rings is 1. The molecule has 5 heteroatoms. The van der Waals surface area contributed by atoms with Gasteiger partial charge in [0.05, 0.1) is 11.6 Å². The first kappa shape index (κ1) is 12.3. The highest BCUT2D eigenvalue weighted by Gasteiger charge is 2.13. The molecular formula is C14H18N4O. The Hall–Kier alpha value is -1.75. The molecule has 1 unspecified atom stereocenters. The molecule has 19 heavy (non-hydrogen) atoms. The molecule has 1 N–H and O–H groups in total. The van der Waals surface area contributed by atoms with Gasteiger partial charge < -0.3 is 10.1 Å². The number of nitrogens with zero attached hydrogens (tertiary/aromatic N) is 3. The zero-order chi connectivity index (χ0) is 12.9. The van der Waals surface area contributed by atoms with Crippen LogP contribution < -0.4 is 5.32 Å². The molecule has 1 atom stereocenters. The average Bonchev–Trinajstić information content (AvgIpc) is 2.48. The Morgan fingerprint density at radius 2 is 2.05 bits per heavy atom. The lowest BCUT2D eigenvalue weighted by Gasteiger charge is -2.22. The molecule has 100 valence electrons. The highest BCUT2D eigenvalue weighted by molar-refractivity contribution is 5.73. The van der Waals surface area contributed by atoms with Gasteiger partial charge in [-0.3, -0.25) is 0 Å². The van der Waals surface area contributed by atoms with Crippen LogP contribution in [0.3, 0.4) is 0 Å². The van der Waals surface area contributed by atoms with E-state index in [4.69, 9.17) is 4.74 Å². The smallest absolute Gasteiger partial charge is 0.243 e. The molecule has 3 rings (SSSR count). The van der Waals surface area contributed by atoms with Crippen molar-refractivity contribution in [2.45, 2.75) is 31.8 Å². The monoisotopic (exact) mass is 258 g/mol. The van der Waals surface area contributed by atoms with Crippen LogP contribution in [-0.4, -0.2) is 34.4 Å². The summed E-state index contributed by atoms with van der Waals surface area (Å²) in [5.74, 6) is 0.592. The summed E-state index contributed by atoms with van der Waals surface area (Å²) in [5.41, 5.74) is 1.69. The van der Waals surface area contributed by atoms with E-state index >= 15 is 0 Å². The van der Waals surface area contributed by atoms with Gasteiger partial charge in [0.1, 0.15) is 5.52 Å². The summed E-state index contributed by atoms with van der Waals surface area (Å²) < 4.78 is 5.69. The first-order chi connectivity index (χ1) is 9.42. The van der Waals surface area contributed by atoms with Gasteiger partial charge in [0, 0.05) is 13.2 Å². The van der Waals surface area contributed by atoms with Crippen LogP contribution in [0.25, 0.3) is 11.0 Å². The zero-order valence-electron chi connectivity index (χ0n) is 10.9. The Bertz CT molecular complexity index is 540. The standard InChI is InChI=1S/C14H18N4O/c1-2-7-13-12(6-1)16-14(18-17-13)15-9-8-11-5-3-4-10-19-11/h1-2,6-7,11H,3-5,8-10H2,(H,15,16,18). The number of ether oxygens (including phenoxy) is 1. The molecule has 0 aliphatic carbocycles. The largest absolute Gasteiger partial charge is 0.378 e. The van der Waals surface area contributed by atoms with Crippen molar-refractivity contribution < 1.29 is 4.74 Å². The maximum atomic E-state index is 5.69. The minimum Gasteiger partial charge on any atom is -0.378 e. The number of rotatable bonds is 4. The fourth-order valence-electron chi connectivity index (χ4n) is 2.34. The zero-order valence-corrected chi connectivity index (χ0v) is 10.9. The van der Waals surface area contributed by atoms with Gasteiger partial charge in [-0.15, -0.1) is 10.2 Å². The van der Waals surface area contributed by atoms with E-state index in [9.17, 15) is 0 Å². The molecule has 0 amide bonds. The van der Waals surface area contributed by atoms with E-state index in [-0.39, 0.29) is 0 Å². The third-order valence-corrected chi connectivity index (χ3v) is 3.38. The number of para-hydroxylation sites is 1. The molecule has 1 saturated heterocycles. The van der Waals surface area contributed by atoms with Gasteiger partial charge in [0.2, 0.25) is 5.95 Å². The Labute approximate surface area is 112 Å². The molecular weight excluding hydrogens is 240 g/mol. The lowest BCUT2D eigenvalue weighted by Crippen LogP contribution is -2.22. The van der Waals surface area contributed by atoms with Crippen molar-refractivity contribution in [1.29, 1.82) is 0 Å². The Balaban J connectivity index is 1.56. The summed E-state index contributed by atoms with van der Waals surface area (Å²) in [6, 6.07) is 7.75. The van der Waals surface area contributed by atoms with Crippen molar-refractivity contribution in [2.24, 2.45) is 0 Å². The number of anilines is 1. The number of aromatic nitrogens is 3. The second-order valence-corrected chi connectivity index (χ2v) is 4.83. The fraction of sp³-hybridized carbons (Fsp3) is 0.500. The van der Waals surface area contributed by atoms with E-state index in [1.807, 2.05) is 24.3 Å². The van der Waals surface area contributed by atoms with Crippen LogP contribution in [0.5, 0.6) is 0 Å². The number of nitrogens with one attached hydrogen (secondary N) is 1. The number of hydrogen-bond acceptors (Lipinski definition) is 5. The van der Waals surface area contributed by atoms with Crippen LogP contribution in [0.1, 0.15) is 25.7 Å². The Kier molecular flexibility index (Phi) is 3.83.